The highest BCUT2D eigenvalue weighted by Gasteiger charge is 2.19. The van der Waals surface area contributed by atoms with Crippen molar-refractivity contribution >= 4 is 5.91 Å². The number of hydrogen-bond acceptors (Lipinski definition) is 5. The quantitative estimate of drug-likeness (QED) is 0.714. The first-order valence-electron chi connectivity index (χ1n) is 8.61. The Morgan fingerprint density at radius 1 is 1.38 bits per heavy atom. The Labute approximate surface area is 144 Å². The molecule has 6 nitrogen and oxygen atoms in total. The highest BCUT2D eigenvalue weighted by Crippen LogP contribution is 2.28. The zero-order chi connectivity index (χ0) is 17.4. The van der Waals surface area contributed by atoms with Crippen molar-refractivity contribution in [2.24, 2.45) is 0 Å². The molecule has 0 aliphatic carbocycles. The van der Waals surface area contributed by atoms with Gasteiger partial charge in [-0.3, -0.25) is 4.79 Å². The highest BCUT2D eigenvalue weighted by molar-refractivity contribution is 5.77. The zero-order valence-electron chi connectivity index (χ0n) is 14.9. The van der Waals surface area contributed by atoms with Crippen molar-refractivity contribution in [1.82, 2.24) is 15.5 Å². The number of carbonyl (C=O) groups excluding carboxylic acids is 1. The predicted molar refractivity (Wildman–Crippen MR) is 94.5 cm³/mol. The number of hydrogen-bond donors (Lipinski definition) is 2. The van der Waals surface area contributed by atoms with Gasteiger partial charge in [-0.05, 0) is 51.1 Å². The van der Waals surface area contributed by atoms with Gasteiger partial charge in [-0.2, -0.15) is 0 Å². The van der Waals surface area contributed by atoms with Crippen LogP contribution in [0.4, 0.5) is 0 Å². The molecule has 0 spiro atoms. The van der Waals surface area contributed by atoms with Gasteiger partial charge < -0.3 is 25.0 Å². The molecule has 1 fully saturated rings. The van der Waals surface area contributed by atoms with E-state index in [1.165, 1.54) is 19.4 Å². The van der Waals surface area contributed by atoms with Gasteiger partial charge in [0.1, 0.15) is 0 Å². The van der Waals surface area contributed by atoms with Crippen LogP contribution in [0.5, 0.6) is 11.5 Å². The van der Waals surface area contributed by atoms with Crippen molar-refractivity contribution in [2.45, 2.75) is 32.4 Å². The lowest BCUT2D eigenvalue weighted by atomic mass is 10.2. The second kappa shape index (κ2) is 9.49. The van der Waals surface area contributed by atoms with Gasteiger partial charge in [-0.1, -0.05) is 6.07 Å². The summed E-state index contributed by atoms with van der Waals surface area (Å²) in [5, 5.41) is 6.21. The fraction of sp³-hybridized carbons (Fsp3) is 0.611. The minimum atomic E-state index is -0.133. The third kappa shape index (κ3) is 5.39. The Kier molecular flexibility index (Phi) is 7.34. The summed E-state index contributed by atoms with van der Waals surface area (Å²) >= 11 is 0. The van der Waals surface area contributed by atoms with Gasteiger partial charge in [0.15, 0.2) is 18.1 Å². The number of likely N-dealkylation sites (tertiary alicyclic amines) is 1. The second-order valence-corrected chi connectivity index (χ2v) is 6.13. The number of ether oxygens (including phenoxy) is 2. The number of methoxy groups -OCH3 is 1. The van der Waals surface area contributed by atoms with Gasteiger partial charge in [0, 0.05) is 25.7 Å². The average Bonchev–Trinajstić information content (AvgIpc) is 2.99. The summed E-state index contributed by atoms with van der Waals surface area (Å²) in [6, 6.07) is 6.45. The van der Waals surface area contributed by atoms with Gasteiger partial charge in [-0.15, -0.1) is 0 Å². The molecular weight excluding hydrogens is 306 g/mol. The molecule has 0 aromatic heterocycles. The number of carbonyl (C=O) groups is 1. The number of nitrogens with one attached hydrogen (secondary N) is 2. The van der Waals surface area contributed by atoms with Crippen LogP contribution in [-0.2, 0) is 11.3 Å². The van der Waals surface area contributed by atoms with Gasteiger partial charge in [0.05, 0.1) is 7.11 Å². The van der Waals surface area contributed by atoms with Crippen LogP contribution in [0.1, 0.15) is 25.3 Å². The molecule has 0 radical (unpaired) electrons. The summed E-state index contributed by atoms with van der Waals surface area (Å²) in [6.07, 6.45) is 2.55. The number of rotatable bonds is 9. The molecule has 6 heteroatoms. The van der Waals surface area contributed by atoms with Crippen LogP contribution < -0.4 is 20.1 Å². The lowest BCUT2D eigenvalue weighted by Gasteiger charge is -2.20. The molecule has 24 heavy (non-hydrogen) atoms. The number of nitrogens with zero attached hydrogens (tertiary/aromatic N) is 1. The first-order chi connectivity index (χ1) is 11.6. The number of amides is 1. The van der Waals surface area contributed by atoms with Crippen molar-refractivity contribution in [3.63, 3.8) is 0 Å². The van der Waals surface area contributed by atoms with Crippen molar-refractivity contribution in [1.29, 1.82) is 0 Å². The van der Waals surface area contributed by atoms with Gasteiger partial charge in [0.2, 0.25) is 0 Å². The maximum atomic E-state index is 11.5. The zero-order valence-corrected chi connectivity index (χ0v) is 14.9. The van der Waals surface area contributed by atoms with E-state index in [0.717, 1.165) is 18.7 Å². The smallest absolute Gasteiger partial charge is 0.257 e. The maximum absolute atomic E-state index is 11.5. The Hall–Kier alpha value is -1.79. The van der Waals surface area contributed by atoms with E-state index in [1.807, 2.05) is 25.1 Å². The minimum Gasteiger partial charge on any atom is -0.493 e. The maximum Gasteiger partial charge on any atom is 0.257 e. The lowest BCUT2D eigenvalue weighted by Crippen LogP contribution is -2.35. The highest BCUT2D eigenvalue weighted by atomic mass is 16.5. The molecule has 1 aliphatic heterocycles. The second-order valence-electron chi connectivity index (χ2n) is 6.13. The largest absolute Gasteiger partial charge is 0.493 e. The molecule has 1 aromatic carbocycles. The minimum absolute atomic E-state index is 0.00416. The molecule has 1 unspecified atom stereocenters. The molecule has 0 saturated carbocycles. The van der Waals surface area contributed by atoms with Crippen LogP contribution >= 0.6 is 0 Å². The fourth-order valence-electron chi connectivity index (χ4n) is 2.95. The van der Waals surface area contributed by atoms with E-state index in [1.54, 1.807) is 7.11 Å². The van der Waals surface area contributed by atoms with E-state index in [9.17, 15) is 4.79 Å². The topological polar surface area (TPSA) is 62.8 Å². The molecule has 1 atom stereocenters. The Morgan fingerprint density at radius 2 is 2.21 bits per heavy atom. The third-order valence-electron chi connectivity index (χ3n) is 4.34. The van der Waals surface area contributed by atoms with Crippen molar-refractivity contribution in [2.75, 3.05) is 40.4 Å². The van der Waals surface area contributed by atoms with Crippen LogP contribution in [0.2, 0.25) is 0 Å². The summed E-state index contributed by atoms with van der Waals surface area (Å²) in [6.45, 7) is 5.45. The first kappa shape index (κ1) is 18.5. The van der Waals surface area contributed by atoms with Gasteiger partial charge >= 0.3 is 0 Å². The molecule has 2 rings (SSSR count). The van der Waals surface area contributed by atoms with E-state index < -0.39 is 0 Å². The van der Waals surface area contributed by atoms with E-state index in [4.69, 9.17) is 9.47 Å². The molecule has 134 valence electrons. The molecule has 0 bridgehead atoms. The lowest BCUT2D eigenvalue weighted by molar-refractivity contribution is -0.123. The summed E-state index contributed by atoms with van der Waals surface area (Å²) in [4.78, 5) is 13.9. The Morgan fingerprint density at radius 3 is 2.88 bits per heavy atom. The summed E-state index contributed by atoms with van der Waals surface area (Å²) < 4.78 is 10.9. The standard InChI is InChI=1S/C18H29N3O3/c1-4-20-18(22)13-24-16-8-7-14(10-17(16)23-3)11-19-12-15-6-5-9-21(15)2/h7-8,10,15,19H,4-6,9,11-13H2,1-3H3,(H,20,22). The van der Waals surface area contributed by atoms with Crippen LogP contribution in [0, 0.1) is 0 Å². The average molecular weight is 335 g/mol. The van der Waals surface area contributed by atoms with Crippen molar-refractivity contribution < 1.29 is 14.3 Å². The molecule has 1 amide bonds. The van der Waals surface area contributed by atoms with Gasteiger partial charge in [-0.25, -0.2) is 0 Å². The van der Waals surface area contributed by atoms with E-state index >= 15 is 0 Å². The first-order valence-corrected chi connectivity index (χ1v) is 8.61. The SMILES string of the molecule is CCNC(=O)COc1ccc(CNCC2CCCN2C)cc1OC. The molecule has 1 aliphatic rings. The molecule has 2 N–H and O–H groups in total. The molecule has 1 saturated heterocycles. The van der Waals surface area contributed by atoms with Crippen molar-refractivity contribution in [3.05, 3.63) is 23.8 Å². The predicted octanol–water partition coefficient (Wildman–Crippen LogP) is 1.39. The normalized spacial score (nSPS) is 17.7. The van der Waals surface area contributed by atoms with Crippen LogP contribution in [0.15, 0.2) is 18.2 Å². The summed E-state index contributed by atoms with van der Waals surface area (Å²) in [7, 11) is 3.79. The third-order valence-corrected chi connectivity index (χ3v) is 4.34. The number of benzene rings is 1. The Bertz CT molecular complexity index is 536. The molecule has 1 heterocycles. The van der Waals surface area contributed by atoms with Crippen LogP contribution in [-0.4, -0.2) is 57.2 Å². The molecular formula is C18H29N3O3. The van der Waals surface area contributed by atoms with Gasteiger partial charge in [0.25, 0.3) is 5.91 Å². The molecule has 1 aromatic rings. The van der Waals surface area contributed by atoms with Crippen LogP contribution in [0.25, 0.3) is 0 Å². The van der Waals surface area contributed by atoms with E-state index in [2.05, 4.69) is 22.6 Å². The monoisotopic (exact) mass is 335 g/mol. The summed E-state index contributed by atoms with van der Waals surface area (Å²) in [5.74, 6) is 1.10. The van der Waals surface area contributed by atoms with Crippen LogP contribution in [0.3, 0.4) is 0 Å². The fourth-order valence-corrected chi connectivity index (χ4v) is 2.95. The number of likely N-dealkylation sites (N-methyl/N-ethyl adjacent to an activating group) is 2. The van der Waals surface area contributed by atoms with E-state index in [0.29, 0.717) is 24.1 Å². The Balaban J connectivity index is 1.84. The summed E-state index contributed by atoms with van der Waals surface area (Å²) in [5.41, 5.74) is 1.14. The van der Waals surface area contributed by atoms with E-state index in [-0.39, 0.29) is 12.5 Å². The van der Waals surface area contributed by atoms with Crippen molar-refractivity contribution in [3.8, 4) is 11.5 Å².